The number of aromatic nitrogens is 3. The van der Waals surface area contributed by atoms with Crippen molar-refractivity contribution in [2.45, 2.75) is 45.1 Å². The Morgan fingerprint density at radius 1 is 1.24 bits per heavy atom. The maximum Gasteiger partial charge on any atom is 0.232 e. The van der Waals surface area contributed by atoms with Crippen molar-refractivity contribution in [1.29, 1.82) is 0 Å². The number of allylic oxidation sites excluding steroid dienone is 1. The highest BCUT2D eigenvalue weighted by Gasteiger charge is 2.35. The molecular formula is C26H28N4O3. The Kier molecular flexibility index (Phi) is 5.14. The van der Waals surface area contributed by atoms with Gasteiger partial charge >= 0.3 is 0 Å². The number of H-pyrrole nitrogens is 1. The molecule has 7 heteroatoms. The zero-order chi connectivity index (χ0) is 22.4. The quantitative estimate of drug-likeness (QED) is 0.544. The molecule has 4 heterocycles. The minimum absolute atomic E-state index is 0.108. The second kappa shape index (κ2) is 8.30. The monoisotopic (exact) mass is 444 g/mol. The van der Waals surface area contributed by atoms with Crippen molar-refractivity contribution in [2.24, 2.45) is 5.92 Å². The number of hydrogen-bond donors (Lipinski definition) is 1. The first kappa shape index (κ1) is 20.4. The van der Waals surface area contributed by atoms with Gasteiger partial charge in [-0.1, -0.05) is 6.42 Å². The van der Waals surface area contributed by atoms with Crippen molar-refractivity contribution >= 4 is 22.9 Å². The van der Waals surface area contributed by atoms with E-state index in [0.29, 0.717) is 28.6 Å². The Morgan fingerprint density at radius 2 is 2.09 bits per heavy atom. The molecule has 170 valence electrons. The summed E-state index contributed by atoms with van der Waals surface area (Å²) in [6, 6.07) is 7.69. The van der Waals surface area contributed by atoms with E-state index in [1.807, 2.05) is 24.3 Å². The molecule has 1 aromatic carbocycles. The van der Waals surface area contributed by atoms with E-state index in [2.05, 4.69) is 27.0 Å². The first-order valence-corrected chi connectivity index (χ1v) is 12.0. The fourth-order valence-corrected chi connectivity index (χ4v) is 4.86. The van der Waals surface area contributed by atoms with E-state index in [9.17, 15) is 4.79 Å². The Balaban J connectivity index is 1.38. The first-order valence-electron chi connectivity index (χ1n) is 12.0. The zero-order valence-corrected chi connectivity index (χ0v) is 18.8. The van der Waals surface area contributed by atoms with Crippen molar-refractivity contribution < 1.29 is 14.3 Å². The third-order valence-corrected chi connectivity index (χ3v) is 7.00. The van der Waals surface area contributed by atoms with Crippen LogP contribution >= 0.6 is 0 Å². The molecule has 2 fully saturated rings. The van der Waals surface area contributed by atoms with Crippen molar-refractivity contribution in [3.05, 3.63) is 53.0 Å². The van der Waals surface area contributed by atoms with Crippen LogP contribution in [0.4, 0.5) is 0 Å². The number of nitrogens with zero attached hydrogens (tertiary/aromatic N) is 3. The summed E-state index contributed by atoms with van der Waals surface area (Å²) in [4.78, 5) is 20.1. The minimum atomic E-state index is -0.120. The molecule has 2 aromatic heterocycles. The number of Topliss-reactive ketones (excluding diaryl/α,β-unsaturated/α-hetero) is 1. The van der Waals surface area contributed by atoms with Crippen LogP contribution in [-0.2, 0) is 0 Å². The SMILES string of the molecule is CC(c1c(OCC2CC2)ccc2c1O/C(=C\c1n[nH]c3ncccc13)C2=O)N1CCCCC1. The highest BCUT2D eigenvalue weighted by atomic mass is 16.5. The molecule has 0 radical (unpaired) electrons. The molecule has 1 unspecified atom stereocenters. The Bertz CT molecular complexity index is 1240. The maximum absolute atomic E-state index is 13.3. The lowest BCUT2D eigenvalue weighted by Crippen LogP contribution is -2.32. The average molecular weight is 445 g/mol. The van der Waals surface area contributed by atoms with Crippen molar-refractivity contribution in [3.63, 3.8) is 0 Å². The lowest BCUT2D eigenvalue weighted by Gasteiger charge is -2.33. The van der Waals surface area contributed by atoms with Gasteiger partial charge in [0.2, 0.25) is 5.78 Å². The van der Waals surface area contributed by atoms with Crippen LogP contribution in [0.1, 0.15) is 66.7 Å². The lowest BCUT2D eigenvalue weighted by atomic mass is 9.98. The van der Waals surface area contributed by atoms with Crippen LogP contribution < -0.4 is 9.47 Å². The summed E-state index contributed by atoms with van der Waals surface area (Å²) in [7, 11) is 0. The molecule has 1 atom stereocenters. The van der Waals surface area contributed by atoms with Gasteiger partial charge in [-0.3, -0.25) is 14.8 Å². The van der Waals surface area contributed by atoms with Gasteiger partial charge in [0.1, 0.15) is 11.5 Å². The van der Waals surface area contributed by atoms with Gasteiger partial charge in [0, 0.05) is 23.7 Å². The summed E-state index contributed by atoms with van der Waals surface area (Å²) < 4.78 is 12.5. The van der Waals surface area contributed by atoms with Gasteiger partial charge < -0.3 is 9.47 Å². The summed E-state index contributed by atoms with van der Waals surface area (Å²) in [5, 5.41) is 8.10. The number of ether oxygens (including phenoxy) is 2. The molecule has 1 aliphatic carbocycles. The van der Waals surface area contributed by atoms with Crippen LogP contribution in [-0.4, -0.2) is 45.6 Å². The summed E-state index contributed by atoms with van der Waals surface area (Å²) in [5.74, 6) is 2.29. The molecular weight excluding hydrogens is 416 g/mol. The molecule has 3 aliphatic rings. The van der Waals surface area contributed by atoms with Crippen LogP contribution in [0.3, 0.4) is 0 Å². The van der Waals surface area contributed by atoms with Crippen LogP contribution in [0.2, 0.25) is 0 Å². The minimum Gasteiger partial charge on any atom is -0.493 e. The van der Waals surface area contributed by atoms with Gasteiger partial charge in [-0.2, -0.15) is 5.10 Å². The number of piperidine rings is 1. The highest BCUT2D eigenvalue weighted by molar-refractivity contribution is 6.15. The number of likely N-dealkylation sites (tertiary alicyclic amines) is 1. The van der Waals surface area contributed by atoms with Crippen LogP contribution in [0.5, 0.6) is 11.5 Å². The molecule has 33 heavy (non-hydrogen) atoms. The maximum atomic E-state index is 13.3. The fourth-order valence-electron chi connectivity index (χ4n) is 4.86. The molecule has 1 saturated heterocycles. The van der Waals surface area contributed by atoms with Crippen LogP contribution in [0, 0.1) is 5.92 Å². The number of rotatable bonds is 6. The lowest BCUT2D eigenvalue weighted by molar-refractivity contribution is 0.101. The van der Waals surface area contributed by atoms with Gasteiger partial charge in [0.05, 0.1) is 23.4 Å². The Labute approximate surface area is 192 Å². The summed E-state index contributed by atoms with van der Waals surface area (Å²) in [6.45, 7) is 5.03. The third kappa shape index (κ3) is 3.80. The molecule has 0 bridgehead atoms. The van der Waals surface area contributed by atoms with Crippen molar-refractivity contribution in [2.75, 3.05) is 19.7 Å². The zero-order valence-electron chi connectivity index (χ0n) is 18.8. The number of aromatic amines is 1. The molecule has 6 rings (SSSR count). The molecule has 1 saturated carbocycles. The van der Waals surface area contributed by atoms with Gasteiger partial charge in [-0.15, -0.1) is 0 Å². The van der Waals surface area contributed by atoms with E-state index in [4.69, 9.17) is 9.47 Å². The van der Waals surface area contributed by atoms with Crippen molar-refractivity contribution in [3.8, 4) is 11.5 Å². The number of pyridine rings is 1. The number of carbonyl (C=O) groups excluding carboxylic acids is 1. The van der Waals surface area contributed by atoms with E-state index < -0.39 is 0 Å². The molecule has 1 N–H and O–H groups in total. The van der Waals surface area contributed by atoms with Crippen molar-refractivity contribution in [1.82, 2.24) is 20.1 Å². The highest BCUT2D eigenvalue weighted by Crippen LogP contribution is 2.45. The number of benzene rings is 1. The van der Waals surface area contributed by atoms with Gasteiger partial charge in [-0.05, 0) is 75.9 Å². The van der Waals surface area contributed by atoms with E-state index in [1.54, 1.807) is 12.3 Å². The second-order valence-electron chi connectivity index (χ2n) is 9.33. The number of nitrogens with one attached hydrogen (secondary N) is 1. The number of carbonyl (C=O) groups is 1. The van der Waals surface area contributed by atoms with E-state index in [1.165, 1.54) is 32.1 Å². The normalized spacial score (nSPS) is 20.8. The largest absolute Gasteiger partial charge is 0.493 e. The van der Waals surface area contributed by atoms with Crippen LogP contribution in [0.15, 0.2) is 36.2 Å². The molecule has 0 amide bonds. The number of fused-ring (bicyclic) bond motifs is 2. The number of hydrogen-bond acceptors (Lipinski definition) is 6. The number of ketones is 1. The first-order chi connectivity index (χ1) is 16.2. The second-order valence-corrected chi connectivity index (χ2v) is 9.33. The molecule has 7 nitrogen and oxygen atoms in total. The fraction of sp³-hybridized carbons (Fsp3) is 0.423. The molecule has 2 aliphatic heterocycles. The van der Waals surface area contributed by atoms with Gasteiger partial charge in [-0.25, -0.2) is 4.98 Å². The Morgan fingerprint density at radius 3 is 2.91 bits per heavy atom. The summed E-state index contributed by atoms with van der Waals surface area (Å²) in [5.41, 5.74) is 2.91. The smallest absolute Gasteiger partial charge is 0.232 e. The Hall–Kier alpha value is -3.19. The molecule has 3 aromatic rings. The van der Waals surface area contributed by atoms with E-state index in [-0.39, 0.29) is 17.6 Å². The van der Waals surface area contributed by atoms with Crippen LogP contribution in [0.25, 0.3) is 17.1 Å². The van der Waals surface area contributed by atoms with E-state index >= 15 is 0 Å². The predicted molar refractivity (Wildman–Crippen MR) is 125 cm³/mol. The third-order valence-electron chi connectivity index (χ3n) is 7.00. The predicted octanol–water partition coefficient (Wildman–Crippen LogP) is 4.91. The summed E-state index contributed by atoms with van der Waals surface area (Å²) in [6.07, 6.45) is 9.55. The molecule has 0 spiro atoms. The topological polar surface area (TPSA) is 80.3 Å². The van der Waals surface area contributed by atoms with E-state index in [0.717, 1.165) is 36.4 Å². The van der Waals surface area contributed by atoms with Gasteiger partial charge in [0.25, 0.3) is 0 Å². The van der Waals surface area contributed by atoms with Gasteiger partial charge in [0.15, 0.2) is 11.4 Å². The summed E-state index contributed by atoms with van der Waals surface area (Å²) >= 11 is 0. The average Bonchev–Trinajstić information content (AvgIpc) is 3.52. The standard InChI is InChI=1S/C26H28N4O3/c1-16(30-12-3-2-4-13-30)23-21(32-15-17-7-8-17)10-9-19-24(31)22(33-25(19)23)14-20-18-6-5-11-27-26(18)29-28-20/h5-6,9-11,14,16-17H,2-4,7-8,12-13,15H2,1H3,(H,27,28,29)/b22-14-.